The molecule has 0 bridgehead atoms. The van der Waals surface area contributed by atoms with Crippen molar-refractivity contribution in [2.45, 2.75) is 27.0 Å². The van der Waals surface area contributed by atoms with Gasteiger partial charge in [0.25, 0.3) is 20.0 Å². The van der Waals surface area contributed by atoms with Crippen molar-refractivity contribution in [1.82, 2.24) is 8.61 Å². The summed E-state index contributed by atoms with van der Waals surface area (Å²) < 4.78 is 74.8. The highest BCUT2D eigenvalue weighted by atomic mass is 35.5. The van der Waals surface area contributed by atoms with Gasteiger partial charge in [-0.15, -0.1) is 22.7 Å². The Morgan fingerprint density at radius 3 is 2.05 bits per heavy atom. The predicted molar refractivity (Wildman–Crippen MR) is 147 cm³/mol. The number of nitrogens with zero attached hydrogens (tertiary/aromatic N) is 2. The van der Waals surface area contributed by atoms with E-state index in [1.165, 1.54) is 14.7 Å². The van der Waals surface area contributed by atoms with Crippen molar-refractivity contribution in [2.75, 3.05) is 66.8 Å². The molecule has 39 heavy (non-hydrogen) atoms. The van der Waals surface area contributed by atoms with Crippen LogP contribution in [0.2, 0.25) is 8.67 Å². The molecule has 1 saturated heterocycles. The number of carbonyl (C=O) groups excluding carboxylic acids is 1. The average molecular weight is 664 g/mol. The molecule has 5 heterocycles. The number of carbonyl (C=O) groups is 1. The second-order valence-electron chi connectivity index (χ2n) is 8.75. The SMILES string of the molecule is COCCCN1CC(=O)c2cc(Cl)sc2S1(=O)=O.COCCCN1CC2(OCCO2)c2cc(Cl)sc2S1(=O)=O. The van der Waals surface area contributed by atoms with Gasteiger partial charge in [-0.3, -0.25) is 4.79 Å². The van der Waals surface area contributed by atoms with Crippen molar-refractivity contribution in [1.29, 1.82) is 0 Å². The fourth-order valence-electron chi connectivity index (χ4n) is 4.37. The van der Waals surface area contributed by atoms with E-state index in [1.807, 2.05) is 0 Å². The first kappa shape index (κ1) is 31.3. The number of Topliss-reactive ketones (excluding diaryl/α,β-unsaturated/α-hetero) is 1. The lowest BCUT2D eigenvalue weighted by atomic mass is 10.1. The highest BCUT2D eigenvalue weighted by Gasteiger charge is 2.51. The standard InChI is InChI=1S/C12H16ClNO5S2.C10H12ClNO4S2/c1-17-4-2-3-14-8-12(18-5-6-19-12)9-7-10(13)20-11(9)21(14,15)16;1-16-4-2-3-12-6-8(13)7-5-9(11)17-10(7)18(12,14)15/h7H,2-6,8H2,1H3;5H,2-4,6H2,1H3. The van der Waals surface area contributed by atoms with Crippen LogP contribution in [0, 0.1) is 0 Å². The highest BCUT2D eigenvalue weighted by molar-refractivity contribution is 7.91. The summed E-state index contributed by atoms with van der Waals surface area (Å²) in [4.78, 5) is 11.8. The number of rotatable bonds is 8. The molecule has 2 aromatic rings. The number of halogens is 2. The highest BCUT2D eigenvalue weighted by Crippen LogP contribution is 2.47. The second-order valence-corrected chi connectivity index (χ2v) is 16.4. The van der Waals surface area contributed by atoms with E-state index in [9.17, 15) is 21.6 Å². The first-order valence-corrected chi connectivity index (χ1v) is 17.1. The lowest BCUT2D eigenvalue weighted by Crippen LogP contribution is -2.49. The molecule has 5 rings (SSSR count). The lowest BCUT2D eigenvalue weighted by molar-refractivity contribution is -0.175. The molecule has 0 unspecified atom stereocenters. The summed E-state index contributed by atoms with van der Waals surface area (Å²) in [5.74, 6) is -1.22. The summed E-state index contributed by atoms with van der Waals surface area (Å²) >= 11 is 13.8. The number of sulfonamides is 2. The molecule has 1 spiro atoms. The van der Waals surface area contributed by atoms with E-state index in [2.05, 4.69) is 0 Å². The molecule has 11 nitrogen and oxygen atoms in total. The van der Waals surface area contributed by atoms with Crippen LogP contribution in [0.4, 0.5) is 0 Å². The van der Waals surface area contributed by atoms with Gasteiger partial charge in [0.15, 0.2) is 5.78 Å². The number of methoxy groups -OCH3 is 2. The average Bonchev–Trinajstić information content (AvgIpc) is 3.61. The second kappa shape index (κ2) is 12.7. The van der Waals surface area contributed by atoms with Crippen LogP contribution in [-0.4, -0.2) is 98.1 Å². The number of fused-ring (bicyclic) bond motifs is 3. The molecule has 17 heteroatoms. The van der Waals surface area contributed by atoms with E-state index in [0.29, 0.717) is 60.1 Å². The Bertz CT molecular complexity index is 1400. The van der Waals surface area contributed by atoms with Crippen LogP contribution in [0.1, 0.15) is 28.8 Å². The van der Waals surface area contributed by atoms with Crippen molar-refractivity contribution in [3.8, 4) is 0 Å². The van der Waals surface area contributed by atoms with Gasteiger partial charge in [-0.05, 0) is 25.0 Å². The van der Waals surface area contributed by atoms with Crippen LogP contribution in [0.5, 0.6) is 0 Å². The van der Waals surface area contributed by atoms with Gasteiger partial charge in [-0.25, -0.2) is 16.8 Å². The van der Waals surface area contributed by atoms with Crippen molar-refractivity contribution >= 4 is 71.7 Å². The van der Waals surface area contributed by atoms with Crippen molar-refractivity contribution < 1.29 is 40.6 Å². The number of thiophene rings is 2. The molecule has 0 aliphatic carbocycles. The van der Waals surface area contributed by atoms with Gasteiger partial charge in [0, 0.05) is 46.1 Å². The molecule has 1 fully saturated rings. The predicted octanol–water partition coefficient (Wildman–Crippen LogP) is 3.27. The topological polar surface area (TPSA) is 129 Å². The molecule has 0 saturated carbocycles. The van der Waals surface area contributed by atoms with Crippen LogP contribution < -0.4 is 0 Å². The Labute approximate surface area is 245 Å². The van der Waals surface area contributed by atoms with Crippen molar-refractivity contribution in [2.24, 2.45) is 0 Å². The van der Waals surface area contributed by atoms with Gasteiger partial charge in [0.2, 0.25) is 5.79 Å². The fraction of sp³-hybridized carbons (Fsp3) is 0.591. The number of ether oxygens (including phenoxy) is 4. The minimum absolute atomic E-state index is 0.0566. The Morgan fingerprint density at radius 2 is 1.44 bits per heavy atom. The molecule has 3 aliphatic rings. The summed E-state index contributed by atoms with van der Waals surface area (Å²) in [5.41, 5.74) is 0.742. The van der Waals surface area contributed by atoms with Crippen LogP contribution in [0.3, 0.4) is 0 Å². The van der Waals surface area contributed by atoms with Crippen LogP contribution in [0.25, 0.3) is 0 Å². The zero-order valence-corrected chi connectivity index (χ0v) is 26.0. The smallest absolute Gasteiger partial charge is 0.253 e. The molecule has 0 amide bonds. The van der Waals surface area contributed by atoms with Gasteiger partial charge < -0.3 is 18.9 Å². The van der Waals surface area contributed by atoms with E-state index < -0.39 is 25.8 Å². The van der Waals surface area contributed by atoms with E-state index in [0.717, 1.165) is 22.7 Å². The monoisotopic (exact) mass is 662 g/mol. The molecule has 0 radical (unpaired) electrons. The van der Waals surface area contributed by atoms with Crippen molar-refractivity contribution in [3.05, 3.63) is 31.9 Å². The Hall–Kier alpha value is -0.690. The quantitative estimate of drug-likeness (QED) is 0.391. The maximum Gasteiger partial charge on any atom is 0.253 e. The fourth-order valence-corrected chi connectivity index (χ4v) is 11.4. The third-order valence-electron chi connectivity index (χ3n) is 6.17. The maximum absolute atomic E-state index is 12.7. The molecule has 2 aromatic heterocycles. The number of hydrogen-bond donors (Lipinski definition) is 0. The molecule has 0 aromatic carbocycles. The maximum atomic E-state index is 12.7. The summed E-state index contributed by atoms with van der Waals surface area (Å²) in [5, 5.41) is 0. The first-order valence-electron chi connectivity index (χ1n) is 11.8. The summed E-state index contributed by atoms with van der Waals surface area (Å²) in [6.07, 6.45) is 1.16. The third-order valence-corrected chi connectivity index (χ3v) is 13.4. The summed E-state index contributed by atoms with van der Waals surface area (Å²) in [6, 6.07) is 3.06. The van der Waals surface area contributed by atoms with Gasteiger partial charge in [0.1, 0.15) is 8.42 Å². The van der Waals surface area contributed by atoms with Gasteiger partial charge in [-0.2, -0.15) is 8.61 Å². The van der Waals surface area contributed by atoms with Gasteiger partial charge in [-0.1, -0.05) is 23.2 Å². The minimum atomic E-state index is -3.58. The van der Waals surface area contributed by atoms with Crippen LogP contribution >= 0.6 is 45.9 Å². The largest absolute Gasteiger partial charge is 0.385 e. The summed E-state index contributed by atoms with van der Waals surface area (Å²) in [6.45, 7) is 2.51. The number of ketones is 1. The zero-order valence-electron chi connectivity index (χ0n) is 21.2. The van der Waals surface area contributed by atoms with Crippen LogP contribution in [0.15, 0.2) is 20.6 Å². The van der Waals surface area contributed by atoms with E-state index in [4.69, 9.17) is 42.1 Å². The van der Waals surface area contributed by atoms with Crippen LogP contribution in [-0.2, 0) is 44.8 Å². The molecular weight excluding hydrogens is 635 g/mol. The zero-order chi connectivity index (χ0) is 28.4. The number of hydrogen-bond acceptors (Lipinski definition) is 11. The van der Waals surface area contributed by atoms with Gasteiger partial charge >= 0.3 is 0 Å². The molecule has 0 N–H and O–H groups in total. The van der Waals surface area contributed by atoms with E-state index in [1.54, 1.807) is 20.3 Å². The van der Waals surface area contributed by atoms with E-state index in [-0.39, 0.29) is 39.4 Å². The molecule has 3 aliphatic heterocycles. The molecular formula is C22H28Cl2N2O9S4. The molecule has 218 valence electrons. The Kier molecular flexibility index (Phi) is 10.2. The Balaban J connectivity index is 0.000000183. The molecule has 0 atom stereocenters. The first-order chi connectivity index (χ1) is 18.5. The lowest BCUT2D eigenvalue weighted by Gasteiger charge is -2.37. The minimum Gasteiger partial charge on any atom is -0.385 e. The normalized spacial score (nSPS) is 21.4. The van der Waals surface area contributed by atoms with Gasteiger partial charge in [0.05, 0.1) is 40.5 Å². The third kappa shape index (κ3) is 6.39. The van der Waals surface area contributed by atoms with Crippen molar-refractivity contribution in [3.63, 3.8) is 0 Å². The summed E-state index contributed by atoms with van der Waals surface area (Å²) in [7, 11) is -4.00. The Morgan fingerprint density at radius 1 is 0.897 bits per heavy atom. The van der Waals surface area contributed by atoms with E-state index >= 15 is 0 Å².